The molecule has 0 N–H and O–H groups in total. The first-order valence-corrected chi connectivity index (χ1v) is 6.27. The molecule has 0 bridgehead atoms. The summed E-state index contributed by atoms with van der Waals surface area (Å²) in [7, 11) is 0. The fourth-order valence-electron chi connectivity index (χ4n) is 1.62. The van der Waals surface area contributed by atoms with Gasteiger partial charge >= 0.3 is 0 Å². The van der Waals surface area contributed by atoms with Crippen LogP contribution in [-0.2, 0) is 0 Å². The molecule has 0 radical (unpaired) electrons. The van der Waals surface area contributed by atoms with Gasteiger partial charge in [-0.15, -0.1) is 11.3 Å². The lowest BCUT2D eigenvalue weighted by atomic mass is 10.2. The van der Waals surface area contributed by atoms with Gasteiger partial charge in [0.2, 0.25) is 0 Å². The normalized spacial score (nSPS) is 11.1. The molecule has 1 aromatic carbocycles. The third-order valence-corrected chi connectivity index (χ3v) is 3.73. The number of aromatic nitrogens is 2. The number of nitrogens with zero attached hydrogens (tertiary/aromatic N) is 2. The molecule has 3 aromatic rings. The van der Waals surface area contributed by atoms with Gasteiger partial charge in [0.25, 0.3) is 0 Å². The molecule has 18 heavy (non-hydrogen) atoms. The summed E-state index contributed by atoms with van der Waals surface area (Å²) in [5, 5.41) is 2.10. The van der Waals surface area contributed by atoms with Crippen molar-refractivity contribution >= 4 is 33.2 Å². The molecule has 0 atom stereocenters. The number of thiophene rings is 1. The Balaban J connectivity index is 2.24. The summed E-state index contributed by atoms with van der Waals surface area (Å²) in [6.07, 6.45) is 0. The zero-order valence-electron chi connectivity index (χ0n) is 8.82. The van der Waals surface area contributed by atoms with Crippen molar-refractivity contribution in [2.24, 2.45) is 0 Å². The van der Waals surface area contributed by atoms with E-state index in [0.29, 0.717) is 5.52 Å². The molecule has 2 aromatic heterocycles. The smallest absolute Gasteiger partial charge is 0.164 e. The van der Waals surface area contributed by atoms with Crippen LogP contribution in [0.4, 0.5) is 8.78 Å². The van der Waals surface area contributed by atoms with E-state index < -0.39 is 11.6 Å². The summed E-state index contributed by atoms with van der Waals surface area (Å²) in [5.41, 5.74) is 0.783. The fourth-order valence-corrected chi connectivity index (χ4v) is 2.64. The van der Waals surface area contributed by atoms with E-state index in [4.69, 9.17) is 11.6 Å². The fraction of sp³-hybridized carbons (Fsp3) is 0. The minimum absolute atomic E-state index is 0.131. The maximum absolute atomic E-state index is 13.6. The van der Waals surface area contributed by atoms with Gasteiger partial charge in [0.1, 0.15) is 11.6 Å². The molecule has 0 aliphatic rings. The van der Waals surface area contributed by atoms with Crippen LogP contribution in [0.2, 0.25) is 5.15 Å². The van der Waals surface area contributed by atoms with E-state index in [-0.39, 0.29) is 16.5 Å². The number of hydrogen-bond acceptors (Lipinski definition) is 3. The SMILES string of the molecule is Fc1ccc(-c2nc(Cl)c3sccc3n2)c(F)c1. The predicted molar refractivity (Wildman–Crippen MR) is 67.8 cm³/mol. The van der Waals surface area contributed by atoms with Crippen molar-refractivity contribution in [2.75, 3.05) is 0 Å². The average molecular weight is 283 g/mol. The van der Waals surface area contributed by atoms with Crippen LogP contribution in [-0.4, -0.2) is 9.97 Å². The predicted octanol–water partition coefficient (Wildman–Crippen LogP) is 4.29. The zero-order valence-corrected chi connectivity index (χ0v) is 10.4. The van der Waals surface area contributed by atoms with E-state index >= 15 is 0 Å². The molecule has 0 fully saturated rings. The second-order valence-electron chi connectivity index (χ2n) is 3.60. The Morgan fingerprint density at radius 1 is 1.11 bits per heavy atom. The van der Waals surface area contributed by atoms with Gasteiger partial charge in [-0.1, -0.05) is 11.6 Å². The van der Waals surface area contributed by atoms with Gasteiger partial charge in [-0.3, -0.25) is 0 Å². The Labute approximate surface area is 110 Å². The van der Waals surface area contributed by atoms with E-state index in [1.807, 2.05) is 5.38 Å². The molecule has 6 heteroatoms. The van der Waals surface area contributed by atoms with E-state index in [0.717, 1.165) is 16.8 Å². The van der Waals surface area contributed by atoms with Crippen molar-refractivity contribution in [1.29, 1.82) is 0 Å². The topological polar surface area (TPSA) is 25.8 Å². The van der Waals surface area contributed by atoms with Crippen molar-refractivity contribution in [3.05, 3.63) is 46.4 Å². The number of halogens is 3. The first-order valence-electron chi connectivity index (χ1n) is 5.01. The highest BCUT2D eigenvalue weighted by Gasteiger charge is 2.13. The highest BCUT2D eigenvalue weighted by Crippen LogP contribution is 2.29. The number of fused-ring (bicyclic) bond motifs is 1. The molecule has 2 nitrogen and oxygen atoms in total. The van der Waals surface area contributed by atoms with Crippen molar-refractivity contribution in [3.8, 4) is 11.4 Å². The van der Waals surface area contributed by atoms with Gasteiger partial charge in [-0.25, -0.2) is 18.7 Å². The Morgan fingerprint density at radius 3 is 2.72 bits per heavy atom. The number of hydrogen-bond donors (Lipinski definition) is 0. The molecule has 0 spiro atoms. The summed E-state index contributed by atoms with van der Waals surface area (Å²) in [4.78, 5) is 8.25. The lowest BCUT2D eigenvalue weighted by Crippen LogP contribution is -1.93. The Hall–Kier alpha value is -1.59. The Morgan fingerprint density at radius 2 is 1.94 bits per heavy atom. The quantitative estimate of drug-likeness (QED) is 0.622. The summed E-state index contributed by atoms with van der Waals surface area (Å²) in [5.74, 6) is -1.19. The second-order valence-corrected chi connectivity index (χ2v) is 4.87. The van der Waals surface area contributed by atoms with E-state index in [9.17, 15) is 8.78 Å². The zero-order chi connectivity index (χ0) is 12.7. The minimum Gasteiger partial charge on any atom is -0.227 e. The van der Waals surface area contributed by atoms with Crippen molar-refractivity contribution in [3.63, 3.8) is 0 Å². The molecule has 3 rings (SSSR count). The van der Waals surface area contributed by atoms with Crippen LogP contribution in [0.15, 0.2) is 29.6 Å². The number of benzene rings is 1. The van der Waals surface area contributed by atoms with Gasteiger partial charge in [-0.05, 0) is 23.6 Å². The van der Waals surface area contributed by atoms with Crippen LogP contribution in [0.5, 0.6) is 0 Å². The molecule has 0 unspecified atom stereocenters. The molecular weight excluding hydrogens is 278 g/mol. The maximum atomic E-state index is 13.6. The first-order chi connectivity index (χ1) is 8.65. The van der Waals surface area contributed by atoms with Crippen LogP contribution >= 0.6 is 22.9 Å². The highest BCUT2D eigenvalue weighted by atomic mass is 35.5. The third kappa shape index (κ3) is 1.85. The first kappa shape index (κ1) is 11.5. The van der Waals surface area contributed by atoms with Gasteiger partial charge in [0, 0.05) is 6.07 Å². The second kappa shape index (κ2) is 4.26. The standard InChI is InChI=1S/C12H5ClF2N2S/c13-11-10-9(3-4-18-10)16-12(17-11)7-2-1-6(14)5-8(7)15/h1-5H. The van der Waals surface area contributed by atoms with Gasteiger partial charge in [-0.2, -0.15) is 0 Å². The molecular formula is C12H5ClF2N2S. The number of rotatable bonds is 1. The van der Waals surface area contributed by atoms with Crippen molar-refractivity contribution < 1.29 is 8.78 Å². The van der Waals surface area contributed by atoms with Crippen molar-refractivity contribution in [2.45, 2.75) is 0 Å². The molecule has 0 saturated carbocycles. The molecule has 0 amide bonds. The highest BCUT2D eigenvalue weighted by molar-refractivity contribution is 7.17. The summed E-state index contributed by atoms with van der Waals surface area (Å²) < 4.78 is 27.2. The van der Waals surface area contributed by atoms with E-state index in [1.165, 1.54) is 17.4 Å². The summed E-state index contributed by atoms with van der Waals surface area (Å²) >= 11 is 7.41. The molecule has 0 saturated heterocycles. The van der Waals surface area contributed by atoms with Crippen LogP contribution in [0.1, 0.15) is 0 Å². The van der Waals surface area contributed by atoms with Crippen molar-refractivity contribution in [1.82, 2.24) is 9.97 Å². The summed E-state index contributed by atoms with van der Waals surface area (Å²) in [6, 6.07) is 5.03. The van der Waals surface area contributed by atoms with Crippen LogP contribution in [0.3, 0.4) is 0 Å². The molecule has 0 aliphatic carbocycles. The molecule has 90 valence electrons. The largest absolute Gasteiger partial charge is 0.227 e. The monoisotopic (exact) mass is 282 g/mol. The van der Waals surface area contributed by atoms with E-state index in [1.54, 1.807) is 6.07 Å². The van der Waals surface area contributed by atoms with Gasteiger partial charge in [0.15, 0.2) is 11.0 Å². The minimum atomic E-state index is -0.708. The van der Waals surface area contributed by atoms with Crippen LogP contribution in [0, 0.1) is 11.6 Å². The van der Waals surface area contributed by atoms with Crippen LogP contribution < -0.4 is 0 Å². The lowest BCUT2D eigenvalue weighted by Gasteiger charge is -2.03. The Bertz CT molecular complexity index is 742. The van der Waals surface area contributed by atoms with E-state index in [2.05, 4.69) is 9.97 Å². The average Bonchev–Trinajstić information content (AvgIpc) is 2.77. The Kier molecular flexibility index (Phi) is 2.72. The maximum Gasteiger partial charge on any atom is 0.164 e. The third-order valence-electron chi connectivity index (χ3n) is 2.43. The lowest BCUT2D eigenvalue weighted by molar-refractivity contribution is 0.585. The van der Waals surface area contributed by atoms with Crippen LogP contribution in [0.25, 0.3) is 21.6 Å². The molecule has 2 heterocycles. The van der Waals surface area contributed by atoms with Gasteiger partial charge in [0.05, 0.1) is 15.8 Å². The van der Waals surface area contributed by atoms with Gasteiger partial charge < -0.3 is 0 Å². The summed E-state index contributed by atoms with van der Waals surface area (Å²) in [6.45, 7) is 0. The molecule has 0 aliphatic heterocycles.